The summed E-state index contributed by atoms with van der Waals surface area (Å²) in [5, 5.41) is 2.23. The summed E-state index contributed by atoms with van der Waals surface area (Å²) < 4.78 is 5.55. The maximum atomic E-state index is 5.55. The Bertz CT molecular complexity index is 747. The number of para-hydroxylation sites is 1. The van der Waals surface area contributed by atoms with Gasteiger partial charge in [-0.25, -0.2) is 4.98 Å². The van der Waals surface area contributed by atoms with Crippen LogP contribution in [0.25, 0.3) is 21.8 Å². The molecule has 3 rings (SSSR count). The van der Waals surface area contributed by atoms with Crippen LogP contribution < -0.4 is 4.74 Å². The standard InChI is InChI=1S/C16H15NO/c1-10-8-15-13(16(18-3)11(10)2)9-12-6-4-5-7-14(12)17-15/h4-9H,1-3H3. The second kappa shape index (κ2) is 3.98. The molecule has 0 fully saturated rings. The topological polar surface area (TPSA) is 22.1 Å². The van der Waals surface area contributed by atoms with Crippen LogP contribution in [0.2, 0.25) is 0 Å². The largest absolute Gasteiger partial charge is 0.496 e. The van der Waals surface area contributed by atoms with Crippen molar-refractivity contribution in [1.29, 1.82) is 0 Å². The number of fused-ring (bicyclic) bond motifs is 2. The Morgan fingerprint density at radius 1 is 1.00 bits per heavy atom. The molecule has 1 heterocycles. The van der Waals surface area contributed by atoms with Crippen molar-refractivity contribution in [1.82, 2.24) is 4.98 Å². The normalized spacial score (nSPS) is 11.1. The third kappa shape index (κ3) is 1.53. The fourth-order valence-electron chi connectivity index (χ4n) is 2.38. The molecule has 0 saturated carbocycles. The van der Waals surface area contributed by atoms with E-state index in [4.69, 9.17) is 9.72 Å². The first-order chi connectivity index (χ1) is 8.70. The van der Waals surface area contributed by atoms with Crippen molar-refractivity contribution in [2.45, 2.75) is 13.8 Å². The molecule has 18 heavy (non-hydrogen) atoms. The Kier molecular flexibility index (Phi) is 2.44. The first-order valence-electron chi connectivity index (χ1n) is 6.04. The number of nitrogens with zero attached hydrogens (tertiary/aromatic N) is 1. The number of benzene rings is 2. The number of aryl methyl sites for hydroxylation is 1. The molecule has 0 bridgehead atoms. The second-order valence-corrected chi connectivity index (χ2v) is 4.60. The van der Waals surface area contributed by atoms with Gasteiger partial charge in [0.2, 0.25) is 0 Å². The molecule has 0 aliphatic carbocycles. The van der Waals surface area contributed by atoms with Gasteiger partial charge in [-0.2, -0.15) is 0 Å². The summed E-state index contributed by atoms with van der Waals surface area (Å²) in [6.07, 6.45) is 0. The van der Waals surface area contributed by atoms with E-state index in [0.29, 0.717) is 0 Å². The minimum Gasteiger partial charge on any atom is -0.496 e. The summed E-state index contributed by atoms with van der Waals surface area (Å²) >= 11 is 0. The van der Waals surface area contributed by atoms with E-state index < -0.39 is 0 Å². The lowest BCUT2D eigenvalue weighted by atomic mass is 10.0. The predicted octanol–water partition coefficient (Wildman–Crippen LogP) is 4.01. The van der Waals surface area contributed by atoms with E-state index >= 15 is 0 Å². The minimum absolute atomic E-state index is 0.934. The molecule has 2 heteroatoms. The summed E-state index contributed by atoms with van der Waals surface area (Å²) in [5.74, 6) is 0.934. The minimum atomic E-state index is 0.934. The highest BCUT2D eigenvalue weighted by Crippen LogP contribution is 2.32. The quantitative estimate of drug-likeness (QED) is 0.596. The molecule has 0 N–H and O–H groups in total. The van der Waals surface area contributed by atoms with Crippen molar-refractivity contribution in [3.05, 3.63) is 47.5 Å². The number of pyridine rings is 1. The average molecular weight is 237 g/mol. The first-order valence-corrected chi connectivity index (χ1v) is 6.04. The van der Waals surface area contributed by atoms with Gasteiger partial charge >= 0.3 is 0 Å². The van der Waals surface area contributed by atoms with Gasteiger partial charge < -0.3 is 4.74 Å². The lowest BCUT2D eigenvalue weighted by molar-refractivity contribution is 0.416. The average Bonchev–Trinajstić information content (AvgIpc) is 2.38. The van der Waals surface area contributed by atoms with Crippen LogP contribution in [-0.4, -0.2) is 12.1 Å². The highest BCUT2D eigenvalue weighted by molar-refractivity contribution is 5.97. The van der Waals surface area contributed by atoms with Gasteiger partial charge in [0.05, 0.1) is 18.1 Å². The van der Waals surface area contributed by atoms with Crippen molar-refractivity contribution in [2.24, 2.45) is 0 Å². The summed E-state index contributed by atoms with van der Waals surface area (Å²) in [6, 6.07) is 12.4. The maximum Gasteiger partial charge on any atom is 0.131 e. The Morgan fingerprint density at radius 2 is 1.78 bits per heavy atom. The number of ether oxygens (including phenoxy) is 1. The molecule has 0 atom stereocenters. The Labute approximate surface area is 106 Å². The van der Waals surface area contributed by atoms with Crippen LogP contribution >= 0.6 is 0 Å². The molecule has 0 aliphatic rings. The molecule has 0 saturated heterocycles. The molecule has 3 aromatic rings. The summed E-state index contributed by atoms with van der Waals surface area (Å²) in [5.41, 5.74) is 4.41. The summed E-state index contributed by atoms with van der Waals surface area (Å²) in [4.78, 5) is 4.71. The van der Waals surface area contributed by atoms with Gasteiger partial charge in [0.1, 0.15) is 5.75 Å². The van der Waals surface area contributed by atoms with E-state index in [1.54, 1.807) is 7.11 Å². The Morgan fingerprint density at radius 3 is 2.56 bits per heavy atom. The zero-order valence-corrected chi connectivity index (χ0v) is 10.8. The van der Waals surface area contributed by atoms with E-state index in [2.05, 4.69) is 32.0 Å². The number of aromatic nitrogens is 1. The van der Waals surface area contributed by atoms with E-state index in [1.165, 1.54) is 11.1 Å². The van der Waals surface area contributed by atoms with Crippen LogP contribution in [0.4, 0.5) is 0 Å². The zero-order chi connectivity index (χ0) is 12.7. The summed E-state index contributed by atoms with van der Waals surface area (Å²) in [6.45, 7) is 4.18. The van der Waals surface area contributed by atoms with Crippen molar-refractivity contribution in [3.8, 4) is 5.75 Å². The fourth-order valence-corrected chi connectivity index (χ4v) is 2.38. The molecule has 90 valence electrons. The molecule has 0 unspecified atom stereocenters. The lowest BCUT2D eigenvalue weighted by Gasteiger charge is -2.12. The van der Waals surface area contributed by atoms with Gasteiger partial charge in [-0.15, -0.1) is 0 Å². The van der Waals surface area contributed by atoms with Crippen LogP contribution in [-0.2, 0) is 0 Å². The van der Waals surface area contributed by atoms with Crippen LogP contribution in [0.1, 0.15) is 11.1 Å². The molecule has 0 amide bonds. The molecule has 1 aromatic heterocycles. The molecule has 0 spiro atoms. The van der Waals surface area contributed by atoms with Crippen molar-refractivity contribution >= 4 is 21.8 Å². The maximum absolute atomic E-state index is 5.55. The van der Waals surface area contributed by atoms with Crippen molar-refractivity contribution in [3.63, 3.8) is 0 Å². The second-order valence-electron chi connectivity index (χ2n) is 4.60. The number of hydrogen-bond donors (Lipinski definition) is 0. The smallest absolute Gasteiger partial charge is 0.131 e. The van der Waals surface area contributed by atoms with Crippen LogP contribution in [0, 0.1) is 13.8 Å². The molecule has 0 aliphatic heterocycles. The molecule has 2 nitrogen and oxygen atoms in total. The lowest BCUT2D eigenvalue weighted by Crippen LogP contribution is -1.94. The van der Waals surface area contributed by atoms with Crippen LogP contribution in [0.5, 0.6) is 5.75 Å². The predicted molar refractivity (Wildman–Crippen MR) is 75.3 cm³/mol. The van der Waals surface area contributed by atoms with Crippen LogP contribution in [0.3, 0.4) is 0 Å². The molecule has 0 radical (unpaired) electrons. The number of methoxy groups -OCH3 is 1. The molecular formula is C16H15NO. The van der Waals surface area contributed by atoms with Gasteiger partial charge in [0.15, 0.2) is 0 Å². The highest BCUT2D eigenvalue weighted by atomic mass is 16.5. The van der Waals surface area contributed by atoms with Gasteiger partial charge in [0, 0.05) is 10.8 Å². The first kappa shape index (κ1) is 11.0. The van der Waals surface area contributed by atoms with Gasteiger partial charge in [-0.05, 0) is 43.2 Å². The van der Waals surface area contributed by atoms with E-state index in [9.17, 15) is 0 Å². The molecule has 2 aromatic carbocycles. The number of rotatable bonds is 1. The van der Waals surface area contributed by atoms with Gasteiger partial charge in [0.25, 0.3) is 0 Å². The van der Waals surface area contributed by atoms with Crippen molar-refractivity contribution in [2.75, 3.05) is 7.11 Å². The third-order valence-corrected chi connectivity index (χ3v) is 3.49. The van der Waals surface area contributed by atoms with Gasteiger partial charge in [-0.3, -0.25) is 0 Å². The third-order valence-electron chi connectivity index (χ3n) is 3.49. The van der Waals surface area contributed by atoms with Crippen molar-refractivity contribution < 1.29 is 4.74 Å². The SMILES string of the molecule is COc1c(C)c(C)cc2nc3ccccc3cc12. The van der Waals surface area contributed by atoms with Crippen LogP contribution in [0.15, 0.2) is 36.4 Å². The van der Waals surface area contributed by atoms with E-state index in [1.807, 2.05) is 18.2 Å². The van der Waals surface area contributed by atoms with E-state index in [-0.39, 0.29) is 0 Å². The Hall–Kier alpha value is -2.09. The zero-order valence-electron chi connectivity index (χ0n) is 10.8. The highest BCUT2D eigenvalue weighted by Gasteiger charge is 2.10. The summed E-state index contributed by atoms with van der Waals surface area (Å²) in [7, 11) is 1.72. The Balaban J connectivity index is 2.50. The fraction of sp³-hybridized carbons (Fsp3) is 0.188. The number of hydrogen-bond acceptors (Lipinski definition) is 2. The molecular weight excluding hydrogens is 222 g/mol. The van der Waals surface area contributed by atoms with Gasteiger partial charge in [-0.1, -0.05) is 18.2 Å². The monoisotopic (exact) mass is 237 g/mol. The van der Waals surface area contributed by atoms with E-state index in [0.717, 1.165) is 27.6 Å².